The molecule has 0 aliphatic carbocycles. The van der Waals surface area contributed by atoms with Crippen LogP contribution in [0.15, 0.2) is 30.6 Å². The maximum Gasteiger partial charge on any atom is 0.407 e. The number of anilines is 1. The minimum atomic E-state index is -0.556. The second-order valence-electron chi connectivity index (χ2n) is 3.81. The van der Waals surface area contributed by atoms with Gasteiger partial charge in [-0.1, -0.05) is 0 Å². The molecule has 0 fully saturated rings. The van der Waals surface area contributed by atoms with E-state index in [1.165, 1.54) is 19.5 Å². The van der Waals surface area contributed by atoms with Crippen molar-refractivity contribution in [3.05, 3.63) is 41.9 Å². The van der Waals surface area contributed by atoms with Crippen LogP contribution in [0.1, 0.15) is 16.1 Å². The van der Waals surface area contributed by atoms with Gasteiger partial charge < -0.3 is 15.4 Å². The van der Waals surface area contributed by atoms with Crippen molar-refractivity contribution >= 4 is 17.8 Å². The third-order valence-electron chi connectivity index (χ3n) is 2.43. The molecule has 2 aromatic heterocycles. The molecule has 2 rings (SSSR count). The second-order valence-corrected chi connectivity index (χ2v) is 3.81. The molecule has 20 heavy (non-hydrogen) atoms. The van der Waals surface area contributed by atoms with Gasteiger partial charge in [-0.05, 0) is 12.1 Å². The summed E-state index contributed by atoms with van der Waals surface area (Å²) in [5.41, 5.74) is 0.976. The molecule has 2 heterocycles. The number of H-pyrrole nitrogens is 1. The fourth-order valence-electron chi connectivity index (χ4n) is 1.47. The fraction of sp³-hybridized carbons (Fsp3) is 0.167. The van der Waals surface area contributed by atoms with Crippen LogP contribution in [0.4, 0.5) is 10.6 Å². The molecular formula is C12H13N5O3. The Hall–Kier alpha value is -2.90. The first kappa shape index (κ1) is 13.5. The van der Waals surface area contributed by atoms with Crippen LogP contribution >= 0.6 is 0 Å². The molecule has 0 radical (unpaired) electrons. The number of ether oxygens (including phenoxy) is 1. The van der Waals surface area contributed by atoms with E-state index in [1.807, 2.05) is 0 Å². The number of hydrogen-bond acceptors (Lipinski definition) is 5. The number of alkyl carbamates (subject to hydrolysis) is 1. The molecule has 8 heteroatoms. The van der Waals surface area contributed by atoms with Gasteiger partial charge in [-0.2, -0.15) is 5.10 Å². The first-order chi connectivity index (χ1) is 9.69. The number of methoxy groups -OCH3 is 1. The zero-order valence-corrected chi connectivity index (χ0v) is 10.7. The zero-order valence-electron chi connectivity index (χ0n) is 10.7. The van der Waals surface area contributed by atoms with Crippen molar-refractivity contribution in [3.63, 3.8) is 0 Å². The third-order valence-corrected chi connectivity index (χ3v) is 2.43. The summed E-state index contributed by atoms with van der Waals surface area (Å²) in [5.74, 6) is 0.206. The maximum atomic E-state index is 12.0. The lowest BCUT2D eigenvalue weighted by molar-refractivity contribution is 0.102. The zero-order chi connectivity index (χ0) is 14.4. The van der Waals surface area contributed by atoms with E-state index in [0.717, 1.165) is 0 Å². The van der Waals surface area contributed by atoms with Gasteiger partial charge >= 0.3 is 6.09 Å². The molecule has 2 aromatic rings. The Labute approximate surface area is 114 Å². The van der Waals surface area contributed by atoms with E-state index in [4.69, 9.17) is 0 Å². The Morgan fingerprint density at radius 3 is 2.90 bits per heavy atom. The van der Waals surface area contributed by atoms with Gasteiger partial charge in [0.1, 0.15) is 5.82 Å². The number of aromatic amines is 1. The van der Waals surface area contributed by atoms with E-state index >= 15 is 0 Å². The van der Waals surface area contributed by atoms with Crippen molar-refractivity contribution in [3.8, 4) is 0 Å². The van der Waals surface area contributed by atoms with Crippen LogP contribution in [0.3, 0.4) is 0 Å². The first-order valence-corrected chi connectivity index (χ1v) is 5.76. The van der Waals surface area contributed by atoms with Crippen LogP contribution in [0.25, 0.3) is 0 Å². The number of pyridine rings is 1. The lowest BCUT2D eigenvalue weighted by Gasteiger charge is -2.06. The van der Waals surface area contributed by atoms with Crippen LogP contribution in [-0.4, -0.2) is 34.3 Å². The van der Waals surface area contributed by atoms with Gasteiger partial charge in [0.2, 0.25) is 0 Å². The van der Waals surface area contributed by atoms with E-state index in [9.17, 15) is 9.59 Å². The molecule has 0 aliphatic rings. The van der Waals surface area contributed by atoms with Gasteiger partial charge in [0, 0.05) is 17.8 Å². The van der Waals surface area contributed by atoms with Gasteiger partial charge in [0.25, 0.3) is 5.91 Å². The molecule has 0 atom stereocenters. The first-order valence-electron chi connectivity index (χ1n) is 5.76. The second kappa shape index (κ2) is 6.32. The summed E-state index contributed by atoms with van der Waals surface area (Å²) >= 11 is 0. The molecule has 0 unspecified atom stereocenters. The summed E-state index contributed by atoms with van der Waals surface area (Å²) < 4.78 is 4.45. The van der Waals surface area contributed by atoms with Crippen molar-refractivity contribution in [2.75, 3.05) is 12.4 Å². The quantitative estimate of drug-likeness (QED) is 0.768. The molecular weight excluding hydrogens is 262 g/mol. The number of carbonyl (C=O) groups excluding carboxylic acids is 2. The summed E-state index contributed by atoms with van der Waals surface area (Å²) in [5, 5.41) is 11.5. The van der Waals surface area contributed by atoms with E-state index < -0.39 is 6.09 Å². The molecule has 0 saturated carbocycles. The highest BCUT2D eigenvalue weighted by molar-refractivity contribution is 6.03. The van der Waals surface area contributed by atoms with Crippen LogP contribution in [-0.2, 0) is 11.3 Å². The molecule has 2 amide bonds. The SMILES string of the molecule is COC(=O)NCc1cc(C(=O)Nc2ccn[nH]2)ccn1. The molecule has 0 aromatic carbocycles. The third kappa shape index (κ3) is 3.55. The molecule has 0 aliphatic heterocycles. The average Bonchev–Trinajstić information content (AvgIpc) is 2.98. The minimum absolute atomic E-state index is 0.178. The Kier molecular flexibility index (Phi) is 4.28. The monoisotopic (exact) mass is 275 g/mol. The summed E-state index contributed by atoms with van der Waals surface area (Å²) in [4.78, 5) is 27.0. The number of hydrogen-bond donors (Lipinski definition) is 3. The Balaban J connectivity index is 2.01. The Morgan fingerprint density at radius 1 is 1.35 bits per heavy atom. The predicted octanol–water partition coefficient (Wildman–Crippen LogP) is 0.913. The number of rotatable bonds is 4. The number of amides is 2. The maximum absolute atomic E-state index is 12.0. The van der Waals surface area contributed by atoms with Crippen molar-refractivity contribution in [1.29, 1.82) is 0 Å². The van der Waals surface area contributed by atoms with E-state index in [2.05, 4.69) is 30.6 Å². The lowest BCUT2D eigenvalue weighted by Crippen LogP contribution is -2.23. The van der Waals surface area contributed by atoms with E-state index in [-0.39, 0.29) is 12.5 Å². The van der Waals surface area contributed by atoms with Crippen LogP contribution in [0, 0.1) is 0 Å². The van der Waals surface area contributed by atoms with Crippen molar-refractivity contribution in [2.24, 2.45) is 0 Å². The van der Waals surface area contributed by atoms with Gasteiger partial charge in [0.05, 0.1) is 25.5 Å². The number of nitrogens with one attached hydrogen (secondary N) is 3. The van der Waals surface area contributed by atoms with Crippen LogP contribution in [0.2, 0.25) is 0 Å². The predicted molar refractivity (Wildman–Crippen MR) is 70.0 cm³/mol. The highest BCUT2D eigenvalue weighted by Crippen LogP contribution is 2.06. The van der Waals surface area contributed by atoms with Gasteiger partial charge in [0.15, 0.2) is 0 Å². The van der Waals surface area contributed by atoms with Crippen molar-refractivity contribution in [1.82, 2.24) is 20.5 Å². The summed E-state index contributed by atoms with van der Waals surface area (Å²) in [6, 6.07) is 4.80. The molecule has 3 N–H and O–H groups in total. The van der Waals surface area contributed by atoms with Gasteiger partial charge in [-0.15, -0.1) is 0 Å². The smallest absolute Gasteiger partial charge is 0.407 e. The highest BCUT2D eigenvalue weighted by Gasteiger charge is 2.08. The number of aromatic nitrogens is 3. The minimum Gasteiger partial charge on any atom is -0.453 e. The summed E-state index contributed by atoms with van der Waals surface area (Å²) in [7, 11) is 1.27. The van der Waals surface area contributed by atoms with Crippen LogP contribution < -0.4 is 10.6 Å². The Morgan fingerprint density at radius 2 is 2.20 bits per heavy atom. The highest BCUT2D eigenvalue weighted by atomic mass is 16.5. The number of carbonyl (C=O) groups is 2. The largest absolute Gasteiger partial charge is 0.453 e. The lowest BCUT2D eigenvalue weighted by atomic mass is 10.2. The van der Waals surface area contributed by atoms with Crippen molar-refractivity contribution in [2.45, 2.75) is 6.54 Å². The summed E-state index contributed by atoms with van der Waals surface area (Å²) in [6.45, 7) is 0.178. The standard InChI is InChI=1S/C12H13N5O3/c1-20-12(19)14-7-9-6-8(2-4-13-9)11(18)16-10-3-5-15-17-10/h2-6H,7H2,1H3,(H,14,19)(H2,15,16,17,18). The van der Waals surface area contributed by atoms with E-state index in [1.54, 1.807) is 18.2 Å². The molecule has 8 nitrogen and oxygen atoms in total. The van der Waals surface area contributed by atoms with Gasteiger partial charge in [-0.25, -0.2) is 4.79 Å². The molecule has 104 valence electrons. The molecule has 0 spiro atoms. The van der Waals surface area contributed by atoms with Crippen LogP contribution in [0.5, 0.6) is 0 Å². The Bertz CT molecular complexity index is 597. The average molecular weight is 275 g/mol. The van der Waals surface area contributed by atoms with Crippen molar-refractivity contribution < 1.29 is 14.3 Å². The normalized spacial score (nSPS) is 9.85. The summed E-state index contributed by atoms with van der Waals surface area (Å²) in [6.07, 6.45) is 2.48. The molecule has 0 saturated heterocycles. The fourth-order valence-corrected chi connectivity index (χ4v) is 1.47. The molecule has 0 bridgehead atoms. The number of nitrogens with zero attached hydrogens (tertiary/aromatic N) is 2. The van der Waals surface area contributed by atoms with Gasteiger partial charge in [-0.3, -0.25) is 14.9 Å². The topological polar surface area (TPSA) is 109 Å². The van der Waals surface area contributed by atoms with E-state index in [0.29, 0.717) is 17.1 Å².